The van der Waals surface area contributed by atoms with Gasteiger partial charge in [0.15, 0.2) is 5.65 Å². The van der Waals surface area contributed by atoms with E-state index < -0.39 is 18.0 Å². The second kappa shape index (κ2) is 8.51. The second-order valence-corrected chi connectivity index (χ2v) is 7.93. The summed E-state index contributed by atoms with van der Waals surface area (Å²) in [7, 11) is 0. The third-order valence-electron chi connectivity index (χ3n) is 5.51. The number of amides is 1. The fourth-order valence-electron chi connectivity index (χ4n) is 3.99. The van der Waals surface area contributed by atoms with Crippen molar-refractivity contribution in [2.75, 3.05) is 0 Å². The van der Waals surface area contributed by atoms with Gasteiger partial charge in [-0.1, -0.05) is 11.6 Å². The molecule has 0 aromatic carbocycles. The Morgan fingerprint density at radius 1 is 1.30 bits per heavy atom. The van der Waals surface area contributed by atoms with Gasteiger partial charge in [0.2, 0.25) is 0 Å². The van der Waals surface area contributed by atoms with E-state index in [0.29, 0.717) is 25.0 Å². The van der Waals surface area contributed by atoms with Crippen molar-refractivity contribution in [2.24, 2.45) is 5.92 Å². The Labute approximate surface area is 175 Å². The van der Waals surface area contributed by atoms with Gasteiger partial charge in [-0.25, -0.2) is 18.6 Å². The highest BCUT2D eigenvalue weighted by molar-refractivity contribution is 6.30. The molecule has 2 N–H and O–H groups in total. The molecule has 0 aliphatic heterocycles. The Kier molecular flexibility index (Phi) is 5.80. The molecule has 0 atom stereocenters. The highest BCUT2D eigenvalue weighted by Crippen LogP contribution is 2.28. The summed E-state index contributed by atoms with van der Waals surface area (Å²) in [6.07, 6.45) is 2.88. The average molecular weight is 436 g/mol. The van der Waals surface area contributed by atoms with E-state index in [-0.39, 0.29) is 28.2 Å². The fourth-order valence-corrected chi connectivity index (χ4v) is 4.14. The van der Waals surface area contributed by atoms with Crippen molar-refractivity contribution in [2.45, 2.75) is 44.7 Å². The van der Waals surface area contributed by atoms with Gasteiger partial charge in [0, 0.05) is 25.0 Å². The summed E-state index contributed by atoms with van der Waals surface area (Å²) in [6, 6.07) is 4.73. The molecule has 1 aliphatic carbocycles. The number of imidazole rings is 1. The smallest absolute Gasteiger partial charge is 0.327 e. The first-order chi connectivity index (χ1) is 14.4. The molecule has 158 valence electrons. The van der Waals surface area contributed by atoms with Crippen LogP contribution < -0.4 is 11.0 Å². The van der Waals surface area contributed by atoms with Crippen molar-refractivity contribution < 1.29 is 13.6 Å². The van der Waals surface area contributed by atoms with Crippen LogP contribution in [-0.2, 0) is 6.54 Å². The topological polar surface area (TPSA) is 92.7 Å². The first-order valence-electron chi connectivity index (χ1n) is 9.70. The molecule has 10 heteroatoms. The van der Waals surface area contributed by atoms with Gasteiger partial charge in [0.25, 0.3) is 12.3 Å². The molecule has 3 aromatic rings. The Balaban J connectivity index is 1.38. The summed E-state index contributed by atoms with van der Waals surface area (Å²) in [4.78, 5) is 35.3. The lowest BCUT2D eigenvalue weighted by molar-refractivity contribution is 0.0904. The predicted octanol–water partition coefficient (Wildman–Crippen LogP) is 3.70. The molecule has 30 heavy (non-hydrogen) atoms. The first-order valence-corrected chi connectivity index (χ1v) is 10.1. The number of halogens is 3. The summed E-state index contributed by atoms with van der Waals surface area (Å²) in [5, 5.41) is 2.95. The second-order valence-electron chi connectivity index (χ2n) is 7.49. The van der Waals surface area contributed by atoms with Crippen LogP contribution in [0.5, 0.6) is 0 Å². The minimum absolute atomic E-state index is 0.125. The molecule has 0 bridgehead atoms. The molecule has 4 rings (SSSR count). The van der Waals surface area contributed by atoms with Gasteiger partial charge < -0.3 is 5.32 Å². The van der Waals surface area contributed by atoms with E-state index in [1.165, 1.54) is 6.07 Å². The van der Waals surface area contributed by atoms with Gasteiger partial charge in [0.1, 0.15) is 5.69 Å². The molecule has 0 radical (unpaired) electrons. The van der Waals surface area contributed by atoms with Crippen LogP contribution in [0, 0.1) is 5.92 Å². The Hall–Kier alpha value is -2.81. The fraction of sp³-hybridized carbons (Fsp3) is 0.400. The van der Waals surface area contributed by atoms with Crippen LogP contribution >= 0.6 is 11.6 Å². The van der Waals surface area contributed by atoms with Crippen LogP contribution in [0.1, 0.15) is 48.2 Å². The molecule has 1 amide bonds. The summed E-state index contributed by atoms with van der Waals surface area (Å²) in [6.45, 7) is 0.568. The van der Waals surface area contributed by atoms with Gasteiger partial charge >= 0.3 is 5.69 Å². The summed E-state index contributed by atoms with van der Waals surface area (Å²) in [5.74, 6) is -0.317. The Morgan fingerprint density at radius 2 is 2.07 bits per heavy atom. The van der Waals surface area contributed by atoms with E-state index in [1.807, 2.05) is 6.07 Å². The maximum Gasteiger partial charge on any atom is 0.327 e. The van der Waals surface area contributed by atoms with E-state index in [2.05, 4.69) is 20.3 Å². The molecule has 1 saturated carbocycles. The minimum atomic E-state index is -2.86. The number of carbonyl (C=O) groups is 1. The first kappa shape index (κ1) is 20.5. The van der Waals surface area contributed by atoms with Crippen LogP contribution in [0.25, 0.3) is 11.2 Å². The molecule has 7 nitrogen and oxygen atoms in total. The lowest BCUT2D eigenvalue weighted by Gasteiger charge is -2.29. The zero-order valence-corrected chi connectivity index (χ0v) is 16.7. The van der Waals surface area contributed by atoms with E-state index in [9.17, 15) is 18.4 Å². The number of aromatic nitrogens is 4. The predicted molar refractivity (Wildman–Crippen MR) is 108 cm³/mol. The maximum atomic E-state index is 13.2. The third kappa shape index (κ3) is 4.21. The van der Waals surface area contributed by atoms with Crippen molar-refractivity contribution in [3.05, 3.63) is 57.4 Å². The molecule has 0 saturated heterocycles. The number of H-pyrrole nitrogens is 1. The zero-order chi connectivity index (χ0) is 21.3. The van der Waals surface area contributed by atoms with Gasteiger partial charge in [-0.2, -0.15) is 0 Å². The molecular formula is C20H20ClF2N5O2. The number of nitrogens with one attached hydrogen (secondary N) is 2. The van der Waals surface area contributed by atoms with E-state index in [4.69, 9.17) is 11.6 Å². The summed E-state index contributed by atoms with van der Waals surface area (Å²) in [5.41, 5.74) is 0.377. The lowest BCUT2D eigenvalue weighted by Crippen LogP contribution is -2.39. The maximum absolute atomic E-state index is 13.2. The van der Waals surface area contributed by atoms with Crippen molar-refractivity contribution in [1.82, 2.24) is 24.8 Å². The SMILES string of the molecule is O=C(N[C@H]1CC[C@H](Cn2c(=O)[nH]c3ncccc32)CC1)c1cc(Cl)cnc1C(F)F. The molecule has 3 heterocycles. The quantitative estimate of drug-likeness (QED) is 0.639. The standard InChI is InChI=1S/C20H20ClF2N5O2/c21-12-8-14(16(17(22)23)25-9-12)19(29)26-13-5-3-11(4-6-13)10-28-15-2-1-7-24-18(15)27-20(28)30/h1-2,7-9,11,13,17H,3-6,10H2,(H,26,29)(H,24,27,30)/t11-,13-. The molecule has 0 unspecified atom stereocenters. The molecule has 1 fully saturated rings. The van der Waals surface area contributed by atoms with Crippen LogP contribution in [0.3, 0.4) is 0 Å². The van der Waals surface area contributed by atoms with E-state index >= 15 is 0 Å². The zero-order valence-electron chi connectivity index (χ0n) is 15.9. The number of hydrogen-bond acceptors (Lipinski definition) is 4. The monoisotopic (exact) mass is 435 g/mol. The van der Waals surface area contributed by atoms with Crippen molar-refractivity contribution in [1.29, 1.82) is 0 Å². The number of alkyl halides is 2. The van der Waals surface area contributed by atoms with Crippen LogP contribution in [0.4, 0.5) is 8.78 Å². The van der Waals surface area contributed by atoms with E-state index in [0.717, 1.165) is 24.6 Å². The number of rotatable bonds is 5. The van der Waals surface area contributed by atoms with Gasteiger partial charge in [-0.05, 0) is 49.8 Å². The third-order valence-corrected chi connectivity index (χ3v) is 5.71. The Bertz CT molecular complexity index is 1120. The largest absolute Gasteiger partial charge is 0.349 e. The van der Waals surface area contributed by atoms with Crippen molar-refractivity contribution >= 4 is 28.7 Å². The number of aromatic amines is 1. The number of hydrogen-bond donors (Lipinski definition) is 2. The average Bonchev–Trinajstić information content (AvgIpc) is 3.04. The molecule has 1 aliphatic rings. The minimum Gasteiger partial charge on any atom is -0.349 e. The highest BCUT2D eigenvalue weighted by Gasteiger charge is 2.26. The molecule has 3 aromatic heterocycles. The number of fused-ring (bicyclic) bond motifs is 1. The Morgan fingerprint density at radius 3 is 2.80 bits per heavy atom. The summed E-state index contributed by atoms with van der Waals surface area (Å²) >= 11 is 5.83. The molecular weight excluding hydrogens is 416 g/mol. The normalized spacial score (nSPS) is 19.3. The van der Waals surface area contributed by atoms with Gasteiger partial charge in [-0.3, -0.25) is 19.3 Å². The van der Waals surface area contributed by atoms with Crippen LogP contribution in [0.2, 0.25) is 5.02 Å². The van der Waals surface area contributed by atoms with Crippen LogP contribution in [0.15, 0.2) is 35.4 Å². The molecule has 0 spiro atoms. The number of pyridine rings is 2. The van der Waals surface area contributed by atoms with Gasteiger partial charge in [0.05, 0.1) is 16.1 Å². The number of carbonyl (C=O) groups excluding carboxylic acids is 1. The number of nitrogens with zero attached hydrogens (tertiary/aromatic N) is 3. The van der Waals surface area contributed by atoms with Crippen LogP contribution in [-0.4, -0.2) is 31.5 Å². The van der Waals surface area contributed by atoms with Crippen molar-refractivity contribution in [3.8, 4) is 0 Å². The highest BCUT2D eigenvalue weighted by atomic mass is 35.5. The lowest BCUT2D eigenvalue weighted by atomic mass is 9.85. The van der Waals surface area contributed by atoms with Gasteiger partial charge in [-0.15, -0.1) is 0 Å². The summed E-state index contributed by atoms with van der Waals surface area (Å²) < 4.78 is 28.0. The van der Waals surface area contributed by atoms with E-state index in [1.54, 1.807) is 16.8 Å². The van der Waals surface area contributed by atoms with Crippen molar-refractivity contribution in [3.63, 3.8) is 0 Å².